The lowest BCUT2D eigenvalue weighted by molar-refractivity contribution is 0.0139. The number of carbonyl (C=O) groups is 1. The molecule has 1 fully saturated rings. The summed E-state index contributed by atoms with van der Waals surface area (Å²) in [5, 5.41) is 0. The molecule has 2 rings (SSSR count). The first-order valence-corrected chi connectivity index (χ1v) is 7.56. The molecule has 0 aromatic carbocycles. The Kier molecular flexibility index (Phi) is 5.24. The number of amides is 1. The minimum Gasteiger partial charge on any atom is -0.481 e. The number of pyridine rings is 1. The van der Waals surface area contributed by atoms with Crippen LogP contribution in [0.4, 0.5) is 4.79 Å². The van der Waals surface area contributed by atoms with E-state index in [1.807, 2.05) is 32.9 Å². The Labute approximate surface area is 132 Å². The van der Waals surface area contributed by atoms with Gasteiger partial charge in [0, 0.05) is 45.0 Å². The van der Waals surface area contributed by atoms with E-state index in [4.69, 9.17) is 9.47 Å². The van der Waals surface area contributed by atoms with Gasteiger partial charge in [-0.1, -0.05) is 0 Å². The Hall–Kier alpha value is -1.82. The second-order valence-electron chi connectivity index (χ2n) is 6.45. The van der Waals surface area contributed by atoms with Crippen LogP contribution in [0.5, 0.6) is 5.88 Å². The zero-order valence-electron chi connectivity index (χ0n) is 13.8. The van der Waals surface area contributed by atoms with Crippen LogP contribution in [0.15, 0.2) is 18.3 Å². The minimum atomic E-state index is -0.443. The average molecular weight is 307 g/mol. The van der Waals surface area contributed by atoms with Gasteiger partial charge in [0.15, 0.2) is 0 Å². The van der Waals surface area contributed by atoms with E-state index in [2.05, 4.69) is 9.88 Å². The molecule has 0 bridgehead atoms. The summed E-state index contributed by atoms with van der Waals surface area (Å²) in [4.78, 5) is 20.2. The van der Waals surface area contributed by atoms with E-state index in [0.717, 1.165) is 25.2 Å². The number of rotatable bonds is 3. The molecule has 1 aliphatic rings. The standard InChI is InChI=1S/C16H25N3O3/c1-16(2,3)22-15(20)19-9-7-18(8-10-19)12-13-5-6-17-14(11-13)21-4/h5-6,11H,7-10,12H2,1-4H3. The maximum absolute atomic E-state index is 12.0. The topological polar surface area (TPSA) is 54.9 Å². The van der Waals surface area contributed by atoms with Crippen LogP contribution in [-0.2, 0) is 11.3 Å². The van der Waals surface area contributed by atoms with Gasteiger partial charge in [0.25, 0.3) is 0 Å². The number of hydrogen-bond donors (Lipinski definition) is 0. The lowest BCUT2D eigenvalue weighted by atomic mass is 10.2. The van der Waals surface area contributed by atoms with Crippen molar-refractivity contribution in [3.63, 3.8) is 0 Å². The SMILES string of the molecule is COc1cc(CN2CCN(C(=O)OC(C)(C)C)CC2)ccn1. The summed E-state index contributed by atoms with van der Waals surface area (Å²) in [7, 11) is 1.62. The molecular weight excluding hydrogens is 282 g/mol. The van der Waals surface area contributed by atoms with Crippen molar-refractivity contribution in [2.45, 2.75) is 32.9 Å². The quantitative estimate of drug-likeness (QED) is 0.856. The van der Waals surface area contributed by atoms with Crippen LogP contribution < -0.4 is 4.74 Å². The normalized spacial score (nSPS) is 16.5. The molecule has 0 aliphatic carbocycles. The van der Waals surface area contributed by atoms with Gasteiger partial charge in [0.05, 0.1) is 7.11 Å². The van der Waals surface area contributed by atoms with Gasteiger partial charge in [-0.25, -0.2) is 9.78 Å². The Bertz CT molecular complexity index is 506. The lowest BCUT2D eigenvalue weighted by Gasteiger charge is -2.35. The molecule has 1 aliphatic heterocycles. The van der Waals surface area contributed by atoms with Gasteiger partial charge in [-0.15, -0.1) is 0 Å². The van der Waals surface area contributed by atoms with E-state index < -0.39 is 5.60 Å². The predicted molar refractivity (Wildman–Crippen MR) is 83.9 cm³/mol. The number of methoxy groups -OCH3 is 1. The van der Waals surface area contributed by atoms with E-state index in [-0.39, 0.29) is 6.09 Å². The molecule has 1 saturated heterocycles. The molecule has 1 aromatic heterocycles. The van der Waals surface area contributed by atoms with Gasteiger partial charge in [0.1, 0.15) is 5.60 Å². The number of carbonyl (C=O) groups excluding carboxylic acids is 1. The van der Waals surface area contributed by atoms with Crippen molar-refractivity contribution in [2.24, 2.45) is 0 Å². The van der Waals surface area contributed by atoms with Gasteiger partial charge in [-0.2, -0.15) is 0 Å². The maximum Gasteiger partial charge on any atom is 0.410 e. The van der Waals surface area contributed by atoms with Crippen molar-refractivity contribution < 1.29 is 14.3 Å². The Morgan fingerprint density at radius 1 is 1.27 bits per heavy atom. The molecule has 22 heavy (non-hydrogen) atoms. The first kappa shape index (κ1) is 16.5. The number of hydrogen-bond acceptors (Lipinski definition) is 5. The van der Waals surface area contributed by atoms with Gasteiger partial charge in [-0.05, 0) is 32.4 Å². The van der Waals surface area contributed by atoms with Crippen LogP contribution in [0.1, 0.15) is 26.3 Å². The number of ether oxygens (including phenoxy) is 2. The summed E-state index contributed by atoms with van der Waals surface area (Å²) in [5.74, 6) is 0.630. The molecule has 122 valence electrons. The van der Waals surface area contributed by atoms with E-state index >= 15 is 0 Å². The first-order valence-electron chi connectivity index (χ1n) is 7.56. The second-order valence-corrected chi connectivity index (χ2v) is 6.45. The highest BCUT2D eigenvalue weighted by Gasteiger charge is 2.25. The van der Waals surface area contributed by atoms with Crippen LogP contribution in [-0.4, -0.2) is 59.8 Å². The van der Waals surface area contributed by atoms with E-state index in [1.54, 1.807) is 18.2 Å². The molecule has 6 nitrogen and oxygen atoms in total. The molecule has 6 heteroatoms. The Morgan fingerprint density at radius 2 is 1.95 bits per heavy atom. The largest absolute Gasteiger partial charge is 0.481 e. The van der Waals surface area contributed by atoms with E-state index in [1.165, 1.54) is 0 Å². The zero-order chi connectivity index (χ0) is 16.2. The van der Waals surface area contributed by atoms with Crippen molar-refractivity contribution >= 4 is 6.09 Å². The summed E-state index contributed by atoms with van der Waals surface area (Å²) in [6.45, 7) is 9.55. The fourth-order valence-corrected chi connectivity index (χ4v) is 2.33. The molecule has 0 unspecified atom stereocenters. The average Bonchev–Trinajstić information content (AvgIpc) is 2.46. The molecular formula is C16H25N3O3. The van der Waals surface area contributed by atoms with Crippen LogP contribution in [0.3, 0.4) is 0 Å². The lowest BCUT2D eigenvalue weighted by Crippen LogP contribution is -2.49. The van der Waals surface area contributed by atoms with Crippen LogP contribution >= 0.6 is 0 Å². The third-order valence-electron chi connectivity index (χ3n) is 3.44. The third kappa shape index (κ3) is 4.87. The maximum atomic E-state index is 12.0. The van der Waals surface area contributed by atoms with Crippen molar-refractivity contribution in [1.29, 1.82) is 0 Å². The smallest absolute Gasteiger partial charge is 0.410 e. The van der Waals surface area contributed by atoms with Crippen molar-refractivity contribution in [2.75, 3.05) is 33.3 Å². The molecule has 1 amide bonds. The molecule has 2 heterocycles. The second kappa shape index (κ2) is 6.96. The molecule has 0 atom stereocenters. The minimum absolute atomic E-state index is 0.224. The predicted octanol–water partition coefficient (Wildman–Crippen LogP) is 2.14. The summed E-state index contributed by atoms with van der Waals surface area (Å²) >= 11 is 0. The Balaban J connectivity index is 1.83. The van der Waals surface area contributed by atoms with Gasteiger partial charge in [-0.3, -0.25) is 4.90 Å². The number of nitrogens with zero attached hydrogens (tertiary/aromatic N) is 3. The molecule has 0 saturated carbocycles. The summed E-state index contributed by atoms with van der Waals surface area (Å²) in [5.41, 5.74) is 0.722. The number of piperazine rings is 1. The third-order valence-corrected chi connectivity index (χ3v) is 3.44. The van der Waals surface area contributed by atoms with Crippen molar-refractivity contribution in [1.82, 2.24) is 14.8 Å². The molecule has 0 radical (unpaired) electrons. The Morgan fingerprint density at radius 3 is 2.55 bits per heavy atom. The van der Waals surface area contributed by atoms with Crippen LogP contribution in [0.25, 0.3) is 0 Å². The van der Waals surface area contributed by atoms with Gasteiger partial charge in [0.2, 0.25) is 5.88 Å². The highest BCUT2D eigenvalue weighted by Crippen LogP contribution is 2.15. The monoisotopic (exact) mass is 307 g/mol. The number of aromatic nitrogens is 1. The van der Waals surface area contributed by atoms with E-state index in [9.17, 15) is 4.79 Å². The molecule has 0 N–H and O–H groups in total. The molecule has 0 spiro atoms. The van der Waals surface area contributed by atoms with Gasteiger partial charge >= 0.3 is 6.09 Å². The highest BCUT2D eigenvalue weighted by molar-refractivity contribution is 5.68. The van der Waals surface area contributed by atoms with Crippen LogP contribution in [0.2, 0.25) is 0 Å². The first-order chi connectivity index (χ1) is 10.4. The highest BCUT2D eigenvalue weighted by atomic mass is 16.6. The van der Waals surface area contributed by atoms with Crippen molar-refractivity contribution in [3.05, 3.63) is 23.9 Å². The van der Waals surface area contributed by atoms with Gasteiger partial charge < -0.3 is 14.4 Å². The summed E-state index contributed by atoms with van der Waals surface area (Å²) < 4.78 is 10.5. The zero-order valence-corrected chi connectivity index (χ0v) is 13.8. The fraction of sp³-hybridized carbons (Fsp3) is 0.625. The van der Waals surface area contributed by atoms with Crippen LogP contribution in [0, 0.1) is 0 Å². The summed E-state index contributed by atoms with van der Waals surface area (Å²) in [6.07, 6.45) is 1.53. The fourth-order valence-electron chi connectivity index (χ4n) is 2.33. The molecule has 1 aromatic rings. The van der Waals surface area contributed by atoms with Crippen molar-refractivity contribution in [3.8, 4) is 5.88 Å². The summed E-state index contributed by atoms with van der Waals surface area (Å²) in [6, 6.07) is 3.93. The van der Waals surface area contributed by atoms with E-state index in [0.29, 0.717) is 19.0 Å².